The molecule has 0 aliphatic carbocycles. The zero-order valence-corrected chi connectivity index (χ0v) is 19.0. The highest BCUT2D eigenvalue weighted by Crippen LogP contribution is 2.60. The number of alkyl halides is 13. The van der Waals surface area contributed by atoms with E-state index in [0.29, 0.717) is 13.1 Å². The second-order valence-electron chi connectivity index (χ2n) is 6.30. The van der Waals surface area contributed by atoms with Crippen molar-refractivity contribution >= 4 is 17.7 Å². The van der Waals surface area contributed by atoms with Crippen molar-refractivity contribution < 1.29 is 87.6 Å². The highest BCUT2D eigenvalue weighted by Gasteiger charge is 2.90. The quantitative estimate of drug-likeness (QED) is 0.189. The lowest BCUT2D eigenvalue weighted by atomic mass is 9.93. The molecule has 0 aliphatic rings. The highest BCUT2D eigenvalue weighted by molar-refractivity contribution is 7.99. The predicted octanol–water partition coefficient (Wildman–Crippen LogP) is 1.13. The first-order valence-electron chi connectivity index (χ1n) is 9.37. The fraction of sp³-hybridized carbons (Fsp3) is 0.938. The van der Waals surface area contributed by atoms with Crippen LogP contribution in [0.1, 0.15) is 13.3 Å². The minimum atomic E-state index is -7.93. The smallest absolute Gasteiger partial charge is 0.460 e. The molecule has 0 saturated heterocycles. The molecule has 0 aromatic rings. The van der Waals surface area contributed by atoms with Crippen LogP contribution in [-0.4, -0.2) is 101 Å². The highest BCUT2D eigenvalue weighted by atomic mass is 32.2. The Hall–Kier alpha value is -1.25. The van der Waals surface area contributed by atoms with Crippen molar-refractivity contribution in [2.24, 2.45) is 0 Å². The number of carboxylic acid groups (broad SMARTS) is 1. The van der Waals surface area contributed by atoms with E-state index in [4.69, 9.17) is 15.3 Å². The number of carbonyl (C=O) groups is 1. The Kier molecular flexibility index (Phi) is 17.3. The van der Waals surface area contributed by atoms with E-state index < -0.39 is 59.7 Å². The summed E-state index contributed by atoms with van der Waals surface area (Å²) in [5.41, 5.74) is 0. The molecule has 0 fully saturated rings. The van der Waals surface area contributed by atoms with Crippen molar-refractivity contribution in [1.29, 1.82) is 0 Å². The zero-order chi connectivity index (χ0) is 29.6. The third-order valence-corrected chi connectivity index (χ3v) is 4.38. The largest absolute Gasteiger partial charge is 0.549 e. The SMILES string of the molecule is CCO.O=C([O-])CSCCC(F)(F)C(F)(F)C(F)(F)C(F)(F)C(F)(F)C(F)(F)F.OCC[NH2+]CCO. The molecule has 20 heteroatoms. The lowest BCUT2D eigenvalue weighted by Crippen LogP contribution is -2.85. The van der Waals surface area contributed by atoms with E-state index in [1.807, 2.05) is 5.32 Å². The van der Waals surface area contributed by atoms with Crippen LogP contribution < -0.4 is 10.4 Å². The van der Waals surface area contributed by atoms with Gasteiger partial charge >= 0.3 is 35.8 Å². The van der Waals surface area contributed by atoms with Crippen LogP contribution >= 0.6 is 11.8 Å². The van der Waals surface area contributed by atoms with Gasteiger partial charge in [0.2, 0.25) is 0 Å². The maximum absolute atomic E-state index is 13.2. The molecule has 0 unspecified atom stereocenters. The molecule has 220 valence electrons. The Labute approximate surface area is 199 Å². The lowest BCUT2D eigenvalue weighted by molar-refractivity contribution is -0.657. The van der Waals surface area contributed by atoms with Gasteiger partial charge in [0.1, 0.15) is 0 Å². The van der Waals surface area contributed by atoms with E-state index in [2.05, 4.69) is 0 Å². The average Bonchev–Trinajstić information content (AvgIpc) is 2.71. The number of hydrogen-bond donors (Lipinski definition) is 4. The molecule has 0 heterocycles. The Bertz CT molecular complexity index is 618. The van der Waals surface area contributed by atoms with Crippen molar-refractivity contribution in [3.05, 3.63) is 0 Å². The average molecular weight is 589 g/mol. The monoisotopic (exact) mass is 589 g/mol. The molecule has 0 aliphatic heterocycles. The second-order valence-corrected chi connectivity index (χ2v) is 7.41. The van der Waals surface area contributed by atoms with Crippen LogP contribution in [0.5, 0.6) is 0 Å². The van der Waals surface area contributed by atoms with E-state index in [-0.39, 0.29) is 31.6 Å². The third kappa shape index (κ3) is 10.6. The van der Waals surface area contributed by atoms with Crippen molar-refractivity contribution in [2.45, 2.75) is 49.1 Å². The van der Waals surface area contributed by atoms with Crippen LogP contribution in [0, 0.1) is 0 Å². The zero-order valence-electron chi connectivity index (χ0n) is 18.2. The number of aliphatic carboxylic acids is 1. The summed E-state index contributed by atoms with van der Waals surface area (Å²) in [6.07, 6.45) is -9.88. The predicted molar refractivity (Wildman–Crippen MR) is 96.3 cm³/mol. The standard InChI is InChI=1S/C10H7F13O2S.C4H11NO2.C2H6O/c11-5(12,1-2-26-3-4(24)25)6(13,14)7(15,16)8(17,18)9(19,20)10(21,22)23;6-3-1-5-2-4-7;1-2-3/h1-3H2,(H,24,25);5-7H,1-4H2;3H,2H2,1H3. The first-order chi connectivity index (χ1) is 16.0. The van der Waals surface area contributed by atoms with Gasteiger partial charge in [-0.15, -0.1) is 0 Å². The number of quaternary nitrogens is 1. The molecule has 0 bridgehead atoms. The molecule has 6 nitrogen and oxygen atoms in total. The fourth-order valence-electron chi connectivity index (χ4n) is 1.64. The normalized spacial score (nSPS) is 13.4. The Morgan fingerprint density at radius 1 is 0.750 bits per heavy atom. The number of carboxylic acids is 1. The summed E-state index contributed by atoms with van der Waals surface area (Å²) < 4.78 is 165. The van der Waals surface area contributed by atoms with Gasteiger partial charge in [0.25, 0.3) is 0 Å². The van der Waals surface area contributed by atoms with Crippen LogP contribution in [0.4, 0.5) is 57.1 Å². The molecule has 0 saturated carbocycles. The van der Waals surface area contributed by atoms with Crippen LogP contribution in [0.2, 0.25) is 0 Å². The van der Waals surface area contributed by atoms with Crippen molar-refractivity contribution in [2.75, 3.05) is 44.4 Å². The minimum absolute atomic E-state index is 0.104. The third-order valence-electron chi connectivity index (χ3n) is 3.45. The molecule has 0 spiro atoms. The molecule has 0 atom stereocenters. The Balaban J connectivity index is -0.000000913. The van der Waals surface area contributed by atoms with Gasteiger partial charge in [0.15, 0.2) is 0 Å². The lowest BCUT2D eigenvalue weighted by Gasteiger charge is -2.39. The molecular formula is C16H24F13NO5S. The van der Waals surface area contributed by atoms with Gasteiger partial charge in [-0.25, -0.2) is 0 Å². The summed E-state index contributed by atoms with van der Waals surface area (Å²) in [7, 11) is 0. The second kappa shape index (κ2) is 15.9. The van der Waals surface area contributed by atoms with Gasteiger partial charge < -0.3 is 30.5 Å². The van der Waals surface area contributed by atoms with Crippen LogP contribution in [0.15, 0.2) is 0 Å². The maximum Gasteiger partial charge on any atom is 0.460 e. The summed E-state index contributed by atoms with van der Waals surface area (Å²) in [6.45, 7) is 3.71. The van der Waals surface area contributed by atoms with E-state index in [0.717, 1.165) is 0 Å². The summed E-state index contributed by atoms with van der Waals surface area (Å²) in [5, 5.41) is 35.7. The van der Waals surface area contributed by atoms with Gasteiger partial charge in [-0.2, -0.15) is 68.8 Å². The Morgan fingerprint density at radius 3 is 1.42 bits per heavy atom. The summed E-state index contributed by atoms with van der Waals surface area (Å²) in [4.78, 5) is 9.94. The van der Waals surface area contributed by atoms with Gasteiger partial charge in [0.05, 0.1) is 32.3 Å². The first kappa shape index (κ1) is 39.3. The molecule has 0 amide bonds. The van der Waals surface area contributed by atoms with Crippen molar-refractivity contribution in [3.8, 4) is 0 Å². The van der Waals surface area contributed by atoms with Crippen LogP contribution in [0.25, 0.3) is 0 Å². The van der Waals surface area contributed by atoms with Crippen LogP contribution in [-0.2, 0) is 4.79 Å². The van der Waals surface area contributed by atoms with Crippen molar-refractivity contribution in [1.82, 2.24) is 0 Å². The molecule has 5 N–H and O–H groups in total. The van der Waals surface area contributed by atoms with E-state index >= 15 is 0 Å². The Morgan fingerprint density at radius 2 is 1.11 bits per heavy atom. The number of halogens is 13. The number of thioether (sulfide) groups is 1. The summed E-state index contributed by atoms with van der Waals surface area (Å²) in [6, 6.07) is 0. The molecule has 0 rings (SSSR count). The first-order valence-corrected chi connectivity index (χ1v) is 10.5. The topological polar surface area (TPSA) is 117 Å². The fourth-order valence-corrected chi connectivity index (χ4v) is 2.35. The summed E-state index contributed by atoms with van der Waals surface area (Å²) >= 11 is -0.104. The molecule has 0 aromatic heterocycles. The minimum Gasteiger partial charge on any atom is -0.549 e. The van der Waals surface area contributed by atoms with E-state index in [9.17, 15) is 67.0 Å². The van der Waals surface area contributed by atoms with Gasteiger partial charge in [0, 0.05) is 18.8 Å². The van der Waals surface area contributed by atoms with Crippen LogP contribution in [0.3, 0.4) is 0 Å². The van der Waals surface area contributed by atoms with Gasteiger partial charge in [-0.1, -0.05) is 0 Å². The van der Waals surface area contributed by atoms with E-state index in [1.54, 1.807) is 6.92 Å². The molecule has 0 aromatic carbocycles. The number of hydrogen-bond acceptors (Lipinski definition) is 6. The summed E-state index contributed by atoms with van der Waals surface area (Å²) in [5.74, 6) is -41.4. The number of rotatable bonds is 13. The number of aliphatic hydroxyl groups excluding tert-OH is 3. The maximum atomic E-state index is 13.2. The number of nitrogens with two attached hydrogens (primary N) is 1. The van der Waals surface area contributed by atoms with Gasteiger partial charge in [-0.3, -0.25) is 0 Å². The number of carbonyl (C=O) groups excluding carboxylic acids is 1. The van der Waals surface area contributed by atoms with E-state index in [1.165, 1.54) is 0 Å². The van der Waals surface area contributed by atoms with Crippen molar-refractivity contribution in [3.63, 3.8) is 0 Å². The molecule has 0 radical (unpaired) electrons. The molecule has 36 heavy (non-hydrogen) atoms. The number of aliphatic hydroxyl groups is 3. The molecular weight excluding hydrogens is 565 g/mol. The van der Waals surface area contributed by atoms with Gasteiger partial charge in [-0.05, 0) is 12.7 Å².